The summed E-state index contributed by atoms with van der Waals surface area (Å²) in [5.74, 6) is -0.514. The number of carboxylic acid groups (broad SMARTS) is 1. The highest BCUT2D eigenvalue weighted by atomic mass is 127. The summed E-state index contributed by atoms with van der Waals surface area (Å²) in [6, 6.07) is 1.15. The second kappa shape index (κ2) is 7.13. The number of fused-ring (bicyclic) bond motifs is 2. The van der Waals surface area contributed by atoms with Crippen molar-refractivity contribution in [2.45, 2.75) is 23.5 Å². The van der Waals surface area contributed by atoms with Gasteiger partial charge in [-0.2, -0.15) is 0 Å². The van der Waals surface area contributed by atoms with Crippen LogP contribution in [0.1, 0.15) is 6.42 Å². The first kappa shape index (κ1) is 19.9. The number of hydrogen-bond acceptors (Lipinski definition) is 6. The molecule has 0 radical (unpaired) electrons. The van der Waals surface area contributed by atoms with Gasteiger partial charge in [0, 0.05) is 21.4 Å². The predicted molar refractivity (Wildman–Crippen MR) is 115 cm³/mol. The van der Waals surface area contributed by atoms with Gasteiger partial charge in [0.15, 0.2) is 10.8 Å². The zero-order valence-corrected chi connectivity index (χ0v) is 18.8. The first-order valence-electron chi connectivity index (χ1n) is 8.20. The van der Waals surface area contributed by atoms with Crippen LogP contribution in [0.25, 0.3) is 10.9 Å². The van der Waals surface area contributed by atoms with Gasteiger partial charge in [-0.25, -0.2) is 14.2 Å². The molecule has 0 unspecified atom stereocenters. The highest BCUT2D eigenvalue weighted by Crippen LogP contribution is 2.47. The fraction of sp³-hybridized carbons (Fsp3) is 0.375. The molecule has 2 aliphatic heterocycles. The number of nitro groups is 1. The van der Waals surface area contributed by atoms with Crippen molar-refractivity contribution in [1.82, 2.24) is 9.88 Å². The first-order chi connectivity index (χ1) is 13.2. The average molecular weight is 583 g/mol. The average Bonchev–Trinajstić information content (AvgIpc) is 3.23. The number of nitrogens with zero attached hydrogens (tertiary/aromatic N) is 3. The van der Waals surface area contributed by atoms with Crippen molar-refractivity contribution >= 4 is 78.7 Å². The van der Waals surface area contributed by atoms with Crippen LogP contribution < -0.4 is 5.32 Å². The van der Waals surface area contributed by atoms with Crippen molar-refractivity contribution in [2.75, 3.05) is 18.1 Å². The molecule has 2 N–H and O–H groups in total. The Kier molecular flexibility index (Phi) is 5.06. The Hall–Kier alpha value is -1.41. The van der Waals surface area contributed by atoms with E-state index >= 15 is 0 Å². The number of pyridine rings is 1. The predicted octanol–water partition coefficient (Wildman–Crippen LogP) is 4.53. The van der Waals surface area contributed by atoms with Crippen LogP contribution >= 0.6 is 50.3 Å². The summed E-state index contributed by atoms with van der Waals surface area (Å²) in [4.78, 5) is 28.2. The van der Waals surface area contributed by atoms with Crippen molar-refractivity contribution < 1.29 is 19.2 Å². The lowest BCUT2D eigenvalue weighted by Crippen LogP contribution is -2.49. The molecule has 1 amide bonds. The van der Waals surface area contributed by atoms with E-state index in [1.165, 1.54) is 4.90 Å². The Labute approximate surface area is 184 Å². The molecule has 28 heavy (non-hydrogen) atoms. The summed E-state index contributed by atoms with van der Waals surface area (Å²) < 4.78 is 15.7. The molecule has 1 aromatic heterocycles. The van der Waals surface area contributed by atoms with E-state index in [9.17, 15) is 24.4 Å². The molecule has 2 aromatic rings. The molecular formula is C16H13BrFIN4O4S. The maximum atomic E-state index is 14.8. The van der Waals surface area contributed by atoms with Gasteiger partial charge in [-0.05, 0) is 57.3 Å². The van der Waals surface area contributed by atoms with Crippen molar-refractivity contribution in [1.29, 1.82) is 0 Å². The number of aromatic nitrogens is 1. The number of hydrogen-bond donors (Lipinski definition) is 2. The van der Waals surface area contributed by atoms with E-state index in [1.807, 2.05) is 22.6 Å². The molecule has 3 fully saturated rings. The molecule has 1 saturated carbocycles. The van der Waals surface area contributed by atoms with Crippen LogP contribution in [0.15, 0.2) is 15.6 Å². The molecule has 1 aliphatic carbocycles. The molecule has 2 bridgehead atoms. The largest absolute Gasteiger partial charge is 0.465 e. The smallest absolute Gasteiger partial charge is 0.407 e. The van der Waals surface area contributed by atoms with Gasteiger partial charge in [0.2, 0.25) is 0 Å². The van der Waals surface area contributed by atoms with E-state index in [2.05, 4.69) is 26.2 Å². The number of nitrogens with one attached hydrogen (secondary N) is 1. The third kappa shape index (κ3) is 2.91. The van der Waals surface area contributed by atoms with E-state index in [1.54, 1.807) is 12.3 Å². The maximum absolute atomic E-state index is 14.8. The summed E-state index contributed by atoms with van der Waals surface area (Å²) in [6.07, 6.45) is 1.36. The lowest BCUT2D eigenvalue weighted by molar-refractivity contribution is -0.387. The summed E-state index contributed by atoms with van der Waals surface area (Å²) in [5, 5.41) is 24.7. The fourth-order valence-corrected chi connectivity index (χ4v) is 5.35. The molecule has 3 heterocycles. The minimum atomic E-state index is -1.000. The number of anilines is 1. The SMILES string of the molecule is CSc1nc2c(F)c(Br)c(I)cc2c(N[C@H]2[C@@H]3C[C@H]2N(C(=O)O)C3)c1[N+](=O)[O-]. The van der Waals surface area contributed by atoms with Crippen LogP contribution in [0.5, 0.6) is 0 Å². The number of halogens is 3. The summed E-state index contributed by atoms with van der Waals surface area (Å²) >= 11 is 6.21. The van der Waals surface area contributed by atoms with E-state index in [4.69, 9.17) is 0 Å². The van der Waals surface area contributed by atoms with Crippen LogP contribution in [0, 0.1) is 25.4 Å². The number of amides is 1. The van der Waals surface area contributed by atoms with E-state index in [0.29, 0.717) is 21.9 Å². The molecule has 8 nitrogen and oxygen atoms in total. The molecule has 3 aliphatic rings. The van der Waals surface area contributed by atoms with Gasteiger partial charge in [0.05, 0.1) is 21.5 Å². The van der Waals surface area contributed by atoms with Crippen LogP contribution in [0.4, 0.5) is 20.6 Å². The van der Waals surface area contributed by atoms with Crippen molar-refractivity contribution in [3.05, 3.63) is 30.0 Å². The van der Waals surface area contributed by atoms with E-state index in [-0.39, 0.29) is 44.4 Å². The Morgan fingerprint density at radius 1 is 1.61 bits per heavy atom. The molecule has 1 aromatic carbocycles. The van der Waals surface area contributed by atoms with Gasteiger partial charge < -0.3 is 15.3 Å². The molecule has 12 heteroatoms. The topological polar surface area (TPSA) is 109 Å². The first-order valence-corrected chi connectivity index (χ1v) is 11.3. The Bertz CT molecular complexity index is 1040. The lowest BCUT2D eigenvalue weighted by Gasteiger charge is -2.37. The van der Waals surface area contributed by atoms with Gasteiger partial charge in [-0.3, -0.25) is 10.1 Å². The van der Waals surface area contributed by atoms with Crippen LogP contribution in [-0.2, 0) is 0 Å². The van der Waals surface area contributed by atoms with Crippen LogP contribution in [-0.4, -0.2) is 50.9 Å². The highest BCUT2D eigenvalue weighted by molar-refractivity contribution is 14.1. The van der Waals surface area contributed by atoms with Crippen molar-refractivity contribution in [2.24, 2.45) is 5.92 Å². The van der Waals surface area contributed by atoms with E-state index in [0.717, 1.165) is 11.8 Å². The standard InChI is InChI=1S/C16H13BrFIN4O4S/c1-28-15-14(23(26)27)13(6-3-7(19)9(17)10(18)12(6)21-15)20-11-5-2-8(11)22(4-5)16(24)25/h3,5,8,11H,2,4H2,1H3,(H,20,21)(H,24,25)/t5-,8-,11+/m1/s1. The zero-order chi connectivity index (χ0) is 20.3. The Morgan fingerprint density at radius 3 is 2.89 bits per heavy atom. The quantitative estimate of drug-likeness (QED) is 0.179. The maximum Gasteiger partial charge on any atom is 0.407 e. The van der Waals surface area contributed by atoms with Gasteiger partial charge >= 0.3 is 11.8 Å². The van der Waals surface area contributed by atoms with Crippen LogP contribution in [0.3, 0.4) is 0 Å². The van der Waals surface area contributed by atoms with Gasteiger partial charge in [-0.1, -0.05) is 0 Å². The molecule has 2 saturated heterocycles. The second-order valence-electron chi connectivity index (χ2n) is 6.65. The van der Waals surface area contributed by atoms with E-state index < -0.39 is 16.8 Å². The number of thioether (sulfide) groups is 1. The van der Waals surface area contributed by atoms with Gasteiger partial charge in [0.1, 0.15) is 11.2 Å². The summed E-state index contributed by atoms with van der Waals surface area (Å²) in [6.45, 7) is 0.390. The second-order valence-corrected chi connectivity index (χ2v) is 9.40. The summed E-state index contributed by atoms with van der Waals surface area (Å²) in [7, 11) is 0. The molecule has 148 valence electrons. The summed E-state index contributed by atoms with van der Waals surface area (Å²) in [5.41, 5.74) is 0.00723. The molecule has 5 rings (SSSR count). The van der Waals surface area contributed by atoms with Gasteiger partial charge in [0.25, 0.3) is 0 Å². The zero-order valence-electron chi connectivity index (χ0n) is 14.3. The van der Waals surface area contributed by atoms with Crippen LogP contribution in [0.2, 0.25) is 0 Å². The highest BCUT2D eigenvalue weighted by Gasteiger charge is 2.54. The fourth-order valence-electron chi connectivity index (χ4n) is 3.95. The van der Waals surface area contributed by atoms with Crippen molar-refractivity contribution in [3.63, 3.8) is 0 Å². The number of carbonyl (C=O) groups is 1. The monoisotopic (exact) mass is 582 g/mol. The number of rotatable bonds is 4. The Morgan fingerprint density at radius 2 is 2.32 bits per heavy atom. The lowest BCUT2D eigenvalue weighted by atomic mass is 9.79. The van der Waals surface area contributed by atoms with Crippen molar-refractivity contribution in [3.8, 4) is 0 Å². The molecular weight excluding hydrogens is 570 g/mol. The minimum absolute atomic E-state index is 0.0338. The normalized spacial score (nSPS) is 23.0. The number of benzene rings is 1. The molecule has 3 atom stereocenters. The third-order valence-corrected chi connectivity index (χ3v) is 8.33. The third-order valence-electron chi connectivity index (χ3n) is 5.29. The van der Waals surface area contributed by atoms with Gasteiger partial charge in [-0.15, -0.1) is 11.8 Å². The Balaban J connectivity index is 1.89. The molecule has 0 spiro atoms. The minimum Gasteiger partial charge on any atom is -0.465 e.